The first kappa shape index (κ1) is 22.9. The van der Waals surface area contributed by atoms with E-state index in [9.17, 15) is 10.1 Å². The third-order valence-electron chi connectivity index (χ3n) is 10.9. The van der Waals surface area contributed by atoms with E-state index in [4.69, 9.17) is 4.74 Å². The molecule has 0 saturated heterocycles. The van der Waals surface area contributed by atoms with Gasteiger partial charge in [-0.15, -0.1) is 0 Å². The van der Waals surface area contributed by atoms with Gasteiger partial charge in [-0.2, -0.15) is 5.26 Å². The number of hydrogen-bond acceptors (Lipinski definition) is 3. The lowest BCUT2D eigenvalue weighted by atomic mass is 9.43. The molecule has 1 aromatic carbocycles. The fourth-order valence-corrected chi connectivity index (χ4v) is 9.34. The lowest BCUT2D eigenvalue weighted by molar-refractivity contribution is -0.151. The molecule has 4 aliphatic rings. The Labute approximate surface area is 200 Å². The van der Waals surface area contributed by atoms with Crippen molar-refractivity contribution in [2.45, 2.75) is 91.1 Å². The van der Waals surface area contributed by atoms with Gasteiger partial charge in [-0.3, -0.25) is 0 Å². The van der Waals surface area contributed by atoms with Gasteiger partial charge in [-0.05, 0) is 110 Å². The number of benzene rings is 1. The second-order valence-corrected chi connectivity index (χ2v) is 12.2. The number of esters is 1. The number of nitrogens with zero attached hydrogens (tertiary/aromatic N) is 1. The van der Waals surface area contributed by atoms with Crippen LogP contribution in [0.1, 0.15) is 95.3 Å². The van der Waals surface area contributed by atoms with Gasteiger partial charge in [0.25, 0.3) is 0 Å². The molecular weight excluding hydrogens is 406 g/mol. The highest BCUT2D eigenvalue weighted by atomic mass is 16.5. The molecule has 0 radical (unpaired) electrons. The van der Waals surface area contributed by atoms with E-state index >= 15 is 0 Å². The van der Waals surface area contributed by atoms with Gasteiger partial charge in [0.2, 0.25) is 0 Å². The molecule has 3 heteroatoms. The summed E-state index contributed by atoms with van der Waals surface area (Å²) in [5.74, 6) is 3.53. The lowest BCUT2D eigenvalue weighted by Crippen LogP contribution is -2.57. The zero-order valence-corrected chi connectivity index (χ0v) is 20.8. The molecule has 1 aromatic rings. The highest BCUT2D eigenvalue weighted by Crippen LogP contribution is 2.68. The van der Waals surface area contributed by atoms with E-state index in [2.05, 4.69) is 26.8 Å². The van der Waals surface area contributed by atoms with E-state index < -0.39 is 0 Å². The second kappa shape index (κ2) is 8.75. The maximum atomic E-state index is 12.9. The summed E-state index contributed by atoms with van der Waals surface area (Å²) in [4.78, 5) is 12.9. The molecular formula is C30H41NO2. The summed E-state index contributed by atoms with van der Waals surface area (Å²) in [6, 6.07) is 12.2. The molecule has 0 aromatic heterocycles. The Balaban J connectivity index is 1.37. The maximum Gasteiger partial charge on any atom is 0.338 e. The molecule has 33 heavy (non-hydrogen) atoms. The molecule has 4 aliphatic carbocycles. The monoisotopic (exact) mass is 447 g/mol. The minimum absolute atomic E-state index is 0.0515. The summed E-state index contributed by atoms with van der Waals surface area (Å²) in [5, 5.41) is 9.79. The van der Waals surface area contributed by atoms with Gasteiger partial charge in [0.15, 0.2) is 0 Å². The van der Waals surface area contributed by atoms with E-state index in [0.29, 0.717) is 22.8 Å². The third-order valence-corrected chi connectivity index (χ3v) is 10.9. The number of carbonyl (C=O) groups excluding carboxylic acids is 1. The molecule has 0 bridgehead atoms. The van der Waals surface area contributed by atoms with E-state index in [0.717, 1.165) is 43.4 Å². The van der Waals surface area contributed by atoms with Crippen molar-refractivity contribution in [2.24, 2.45) is 46.3 Å². The molecule has 0 unspecified atom stereocenters. The lowest BCUT2D eigenvalue weighted by Gasteiger charge is -2.62. The Hall–Kier alpha value is -1.82. The predicted molar refractivity (Wildman–Crippen MR) is 130 cm³/mol. The molecule has 0 amide bonds. The van der Waals surface area contributed by atoms with Crippen molar-refractivity contribution in [3.8, 4) is 6.07 Å². The number of nitriles is 1. The van der Waals surface area contributed by atoms with Crippen LogP contribution in [0.15, 0.2) is 30.3 Å². The van der Waals surface area contributed by atoms with Crippen LogP contribution in [0.3, 0.4) is 0 Å². The van der Waals surface area contributed by atoms with Crippen LogP contribution in [0.5, 0.6) is 0 Å². The highest BCUT2D eigenvalue weighted by molar-refractivity contribution is 5.89. The van der Waals surface area contributed by atoms with Gasteiger partial charge in [-0.1, -0.05) is 45.4 Å². The standard InChI is InChI=1S/C30H41NO2/c1-4-8-23-25-14-12-22-24-13-11-21(19-31)29(24,2)17-15-26(22)30(25,3)18-16-27(23)33-28(32)20-9-6-5-7-10-20/h5-7,9-10,21-27H,4,8,11-18H2,1-3H3/t21-,22+,23-,24+,25+,26+,27-,29-,30+/m1/s1. The second-order valence-electron chi connectivity index (χ2n) is 12.2. The van der Waals surface area contributed by atoms with Crippen molar-refractivity contribution in [3.63, 3.8) is 0 Å². The molecule has 178 valence electrons. The first-order valence-corrected chi connectivity index (χ1v) is 13.6. The van der Waals surface area contributed by atoms with E-state index in [1.165, 1.54) is 38.5 Å². The van der Waals surface area contributed by atoms with Gasteiger partial charge in [0.1, 0.15) is 6.10 Å². The van der Waals surface area contributed by atoms with Crippen molar-refractivity contribution >= 4 is 5.97 Å². The molecule has 3 nitrogen and oxygen atoms in total. The largest absolute Gasteiger partial charge is 0.458 e. The Kier molecular flexibility index (Phi) is 6.09. The Morgan fingerprint density at radius 2 is 1.67 bits per heavy atom. The van der Waals surface area contributed by atoms with Gasteiger partial charge in [0, 0.05) is 0 Å². The number of hydrogen-bond donors (Lipinski definition) is 0. The topological polar surface area (TPSA) is 50.1 Å². The van der Waals surface area contributed by atoms with Crippen molar-refractivity contribution in [2.75, 3.05) is 0 Å². The molecule has 5 rings (SSSR count). The van der Waals surface area contributed by atoms with Crippen LogP contribution in [-0.2, 0) is 4.74 Å². The van der Waals surface area contributed by atoms with Crippen LogP contribution in [0.25, 0.3) is 0 Å². The van der Waals surface area contributed by atoms with Gasteiger partial charge in [-0.25, -0.2) is 4.79 Å². The van der Waals surface area contributed by atoms with E-state index in [1.54, 1.807) is 0 Å². The van der Waals surface area contributed by atoms with Crippen LogP contribution in [0.4, 0.5) is 0 Å². The van der Waals surface area contributed by atoms with Crippen molar-refractivity contribution in [1.82, 2.24) is 0 Å². The first-order valence-electron chi connectivity index (χ1n) is 13.6. The molecule has 4 saturated carbocycles. The summed E-state index contributed by atoms with van der Waals surface area (Å²) in [6.45, 7) is 7.30. The number of fused-ring (bicyclic) bond motifs is 5. The highest BCUT2D eigenvalue weighted by Gasteiger charge is 2.62. The minimum Gasteiger partial charge on any atom is -0.458 e. The van der Waals surface area contributed by atoms with Gasteiger partial charge >= 0.3 is 5.97 Å². The smallest absolute Gasteiger partial charge is 0.338 e. The molecule has 0 aliphatic heterocycles. The molecule has 0 spiro atoms. The minimum atomic E-state index is -0.152. The zero-order valence-electron chi connectivity index (χ0n) is 20.8. The molecule has 4 fully saturated rings. The van der Waals surface area contributed by atoms with Crippen molar-refractivity contribution < 1.29 is 9.53 Å². The molecule has 0 N–H and O–H groups in total. The Morgan fingerprint density at radius 1 is 0.970 bits per heavy atom. The van der Waals surface area contributed by atoms with E-state index in [1.807, 2.05) is 30.3 Å². The number of ether oxygens (including phenoxy) is 1. The predicted octanol–water partition coefficient (Wildman–Crippen LogP) is 7.42. The van der Waals surface area contributed by atoms with Gasteiger partial charge in [0.05, 0.1) is 17.6 Å². The summed E-state index contributed by atoms with van der Waals surface area (Å²) in [5.41, 5.74) is 1.26. The van der Waals surface area contributed by atoms with Crippen molar-refractivity contribution in [1.29, 1.82) is 5.26 Å². The van der Waals surface area contributed by atoms with Crippen LogP contribution in [0.2, 0.25) is 0 Å². The molecule has 9 atom stereocenters. The average Bonchev–Trinajstić information content (AvgIpc) is 3.17. The Morgan fingerprint density at radius 3 is 2.39 bits per heavy atom. The maximum absolute atomic E-state index is 12.9. The number of carbonyl (C=O) groups is 1. The first-order chi connectivity index (χ1) is 15.9. The third kappa shape index (κ3) is 3.64. The normalized spacial score (nSPS) is 44.1. The SMILES string of the molecule is CCC[C@H]1[C@H](OC(=O)c2ccccc2)CC[C@]2(C)[C@H]3CC[C@]4(C)[C@@H](C#N)CC[C@H]4[C@@H]3CC[C@@H]12. The van der Waals surface area contributed by atoms with Crippen LogP contribution < -0.4 is 0 Å². The number of rotatable bonds is 4. The molecule has 0 heterocycles. The summed E-state index contributed by atoms with van der Waals surface area (Å²) in [7, 11) is 0. The average molecular weight is 448 g/mol. The fourth-order valence-electron chi connectivity index (χ4n) is 9.34. The Bertz CT molecular complexity index is 906. The van der Waals surface area contributed by atoms with Gasteiger partial charge < -0.3 is 4.74 Å². The van der Waals surface area contributed by atoms with Crippen LogP contribution >= 0.6 is 0 Å². The zero-order chi connectivity index (χ0) is 23.2. The van der Waals surface area contributed by atoms with Crippen LogP contribution in [-0.4, -0.2) is 12.1 Å². The summed E-state index contributed by atoms with van der Waals surface area (Å²) in [6.07, 6.45) is 12.0. The summed E-state index contributed by atoms with van der Waals surface area (Å²) >= 11 is 0. The van der Waals surface area contributed by atoms with Crippen LogP contribution in [0, 0.1) is 57.7 Å². The van der Waals surface area contributed by atoms with Crippen molar-refractivity contribution in [3.05, 3.63) is 35.9 Å². The summed E-state index contributed by atoms with van der Waals surface area (Å²) < 4.78 is 6.21. The quantitative estimate of drug-likeness (QED) is 0.451. The van der Waals surface area contributed by atoms with E-state index in [-0.39, 0.29) is 23.4 Å². The fraction of sp³-hybridized carbons (Fsp3) is 0.733.